The number of rotatable bonds is 1. The predicted octanol–water partition coefficient (Wildman–Crippen LogP) is 14.3. The van der Waals surface area contributed by atoms with Crippen molar-refractivity contribution in [3.63, 3.8) is 0 Å². The van der Waals surface area contributed by atoms with E-state index in [0.717, 1.165) is 55.2 Å². The van der Waals surface area contributed by atoms with Crippen LogP contribution in [0.1, 0.15) is 48.1 Å². The molecule has 7 N–H and O–H groups in total. The summed E-state index contributed by atoms with van der Waals surface area (Å²) in [5.74, 6) is 7.78. The molecule has 1 unspecified atom stereocenters. The van der Waals surface area contributed by atoms with Gasteiger partial charge in [0.05, 0.1) is 44.8 Å². The number of aromatic nitrogens is 4. The van der Waals surface area contributed by atoms with Crippen molar-refractivity contribution in [2.45, 2.75) is 16.9 Å². The van der Waals surface area contributed by atoms with Gasteiger partial charge in [0.1, 0.15) is 0 Å². The second-order valence-electron chi connectivity index (χ2n) is 12.0. The lowest BCUT2D eigenvalue weighted by molar-refractivity contribution is 0.0850. The smallest absolute Gasteiger partial charge is 0.339 e. The Morgan fingerprint density at radius 3 is 1.77 bits per heavy atom. The van der Waals surface area contributed by atoms with Gasteiger partial charge >= 0.3 is 5.20 Å². The Morgan fingerprint density at radius 2 is 1.22 bits per heavy atom. The number of hydrazine groups is 1. The second-order valence-corrected chi connectivity index (χ2v) is 26.7. The van der Waals surface area contributed by atoms with Crippen LogP contribution in [0.2, 0.25) is 5.15 Å². The molecule has 0 spiro atoms. The third kappa shape index (κ3) is 20.8. The van der Waals surface area contributed by atoms with E-state index in [4.69, 9.17) is 22.1 Å². The van der Waals surface area contributed by atoms with Crippen LogP contribution in [0.15, 0.2) is 131 Å². The van der Waals surface area contributed by atoms with E-state index in [1.165, 1.54) is 0 Å². The molecule has 0 aliphatic carbocycles. The molecule has 3 heterocycles. The van der Waals surface area contributed by atoms with Crippen LogP contribution < -0.4 is 22.6 Å². The number of aryl methyl sites for hydroxylation is 1. The summed E-state index contributed by atoms with van der Waals surface area (Å²) in [4.78, 5) is 22.3. The number of nitrogens with zero attached hydrogens (tertiary/aromatic N) is 5. The molecular weight excluding hydrogens is 1400 g/mol. The number of benzene rings is 5. The number of amides is 1. The van der Waals surface area contributed by atoms with Crippen molar-refractivity contribution in [2.75, 3.05) is 0 Å². The SMILES string of the molecule is Cc1cc(Br)ccc1C#N.Clc1nncc2cc(Br)ccc12.N#Cc1ccc(Br)cc1C(Br)Br.NN.O=C1NC(O)c2cc(Br)ccc21.O=P(Cl)(Cl)Cl.O=c1[nH]ncc2cc(Br)ccc12. The summed E-state index contributed by atoms with van der Waals surface area (Å²) in [6.07, 6.45) is 2.46. The maximum Gasteiger partial charge on any atom is 0.339 e. The number of nitrogens with two attached hydrogens (primary N) is 2. The van der Waals surface area contributed by atoms with Gasteiger partial charge in [0.15, 0.2) is 11.4 Å². The molecular formula is C40H29Br7Cl4N9O4P. The summed E-state index contributed by atoms with van der Waals surface area (Å²) >= 11 is 43.0. The van der Waals surface area contributed by atoms with Crippen LogP contribution >= 0.6 is 162 Å². The average Bonchev–Trinajstić information content (AvgIpc) is 3.53. The normalized spacial score (nSPS) is 11.8. The second kappa shape index (κ2) is 29.5. The number of aromatic amines is 1. The van der Waals surface area contributed by atoms with Crippen LogP contribution in [0.25, 0.3) is 21.5 Å². The number of aliphatic hydroxyl groups is 1. The zero-order valence-electron chi connectivity index (χ0n) is 32.6. The predicted molar refractivity (Wildman–Crippen MR) is 285 cm³/mol. The highest BCUT2D eigenvalue weighted by atomic mass is 79.9. The summed E-state index contributed by atoms with van der Waals surface area (Å²) in [7, 11) is 0. The lowest BCUT2D eigenvalue weighted by atomic mass is 10.1. The number of hydrogen-bond acceptors (Lipinski definition) is 11. The summed E-state index contributed by atoms with van der Waals surface area (Å²) in [6, 6.07) is 31.8. The van der Waals surface area contributed by atoms with Crippen molar-refractivity contribution < 1.29 is 14.5 Å². The quantitative estimate of drug-likeness (QED) is 0.0448. The first-order chi connectivity index (χ1) is 30.6. The maximum atomic E-state index is 11.2. The number of alkyl halides is 2. The number of nitriles is 2. The fourth-order valence-electron chi connectivity index (χ4n) is 4.91. The topological polar surface area (TPSA) is 238 Å². The first-order valence-corrected chi connectivity index (χ1v) is 27.9. The molecule has 340 valence electrons. The molecule has 65 heavy (non-hydrogen) atoms. The molecule has 7 aromatic rings. The Bertz CT molecular complexity index is 2930. The van der Waals surface area contributed by atoms with Crippen molar-refractivity contribution >= 4 is 189 Å². The fraction of sp³-hybridized carbons (Fsp3) is 0.0750. The van der Waals surface area contributed by atoms with E-state index in [-0.39, 0.29) is 15.2 Å². The summed E-state index contributed by atoms with van der Waals surface area (Å²) < 4.78 is 14.3. The third-order valence-electron chi connectivity index (χ3n) is 7.70. The fourth-order valence-corrected chi connectivity index (χ4v) is 7.87. The number of nitrogens with one attached hydrogen (secondary N) is 2. The van der Waals surface area contributed by atoms with Crippen LogP contribution in [0.5, 0.6) is 0 Å². The van der Waals surface area contributed by atoms with Gasteiger partial charge in [-0.05, 0) is 137 Å². The zero-order chi connectivity index (χ0) is 49.0. The van der Waals surface area contributed by atoms with Gasteiger partial charge in [-0.1, -0.05) is 129 Å². The molecule has 0 saturated heterocycles. The molecule has 0 bridgehead atoms. The highest BCUT2D eigenvalue weighted by Gasteiger charge is 2.26. The van der Waals surface area contributed by atoms with Gasteiger partial charge in [0.25, 0.3) is 11.5 Å². The minimum atomic E-state index is -3.22. The molecule has 13 nitrogen and oxygen atoms in total. The summed E-state index contributed by atoms with van der Waals surface area (Å²) in [6.45, 7) is 1.92. The summed E-state index contributed by atoms with van der Waals surface area (Å²) in [5.41, 5.74) is 4.39. The van der Waals surface area contributed by atoms with E-state index in [2.05, 4.69) is 195 Å². The zero-order valence-corrected chi connectivity index (χ0v) is 47.7. The van der Waals surface area contributed by atoms with Gasteiger partial charge in [0, 0.05) is 49.6 Å². The van der Waals surface area contributed by atoms with Crippen LogP contribution in [0.3, 0.4) is 0 Å². The molecule has 8 rings (SSSR count). The van der Waals surface area contributed by atoms with Gasteiger partial charge < -0.3 is 10.4 Å². The van der Waals surface area contributed by atoms with Crippen LogP contribution in [0, 0.1) is 29.6 Å². The number of halogens is 11. The number of carbonyl (C=O) groups is 1. The number of hydrogen-bond donors (Lipinski definition) is 5. The lowest BCUT2D eigenvalue weighted by Gasteiger charge is -2.04. The molecule has 1 amide bonds. The Morgan fingerprint density at radius 1 is 0.738 bits per heavy atom. The van der Waals surface area contributed by atoms with E-state index in [1.54, 1.807) is 48.8 Å². The van der Waals surface area contributed by atoms with Gasteiger partial charge in [0.2, 0.25) is 0 Å². The largest absolute Gasteiger partial charge is 0.369 e. The van der Waals surface area contributed by atoms with E-state index in [9.17, 15) is 19.3 Å². The molecule has 0 saturated carbocycles. The van der Waals surface area contributed by atoms with E-state index in [0.29, 0.717) is 27.2 Å². The van der Waals surface area contributed by atoms with Crippen molar-refractivity contribution in [1.82, 2.24) is 25.7 Å². The molecule has 25 heteroatoms. The molecule has 1 atom stereocenters. The Kier molecular flexibility index (Phi) is 26.7. The van der Waals surface area contributed by atoms with Gasteiger partial charge in [-0.2, -0.15) is 20.7 Å². The molecule has 0 radical (unpaired) electrons. The monoisotopic (exact) mass is 1420 g/mol. The van der Waals surface area contributed by atoms with Crippen LogP contribution in [-0.2, 0) is 4.57 Å². The number of carbonyl (C=O) groups excluding carboxylic acids is 1. The highest BCUT2D eigenvalue weighted by Crippen LogP contribution is 2.61. The minimum Gasteiger partial charge on any atom is -0.369 e. The number of H-pyrrole nitrogens is 1. The van der Waals surface area contributed by atoms with Crippen molar-refractivity contribution in [1.29, 1.82) is 10.5 Å². The van der Waals surface area contributed by atoms with Crippen LogP contribution in [0.4, 0.5) is 0 Å². The Labute approximate surface area is 450 Å². The molecule has 2 aromatic heterocycles. The Hall–Kier alpha value is -2.34. The third-order valence-corrected chi connectivity index (χ3v) is 11.4. The van der Waals surface area contributed by atoms with Gasteiger partial charge in [-0.25, -0.2) is 5.10 Å². The number of fused-ring (bicyclic) bond motifs is 3. The summed E-state index contributed by atoms with van der Waals surface area (Å²) in [5, 5.41) is 43.2. The average molecular weight is 1430 g/mol. The van der Waals surface area contributed by atoms with Crippen molar-refractivity contribution in [3.05, 3.63) is 175 Å². The van der Waals surface area contributed by atoms with Crippen LogP contribution in [-0.4, -0.2) is 31.4 Å². The minimum absolute atomic E-state index is 0.0251. The van der Waals surface area contributed by atoms with Crippen molar-refractivity contribution in [2.24, 2.45) is 11.7 Å². The molecule has 0 fully saturated rings. The Balaban J connectivity index is 0.000000270. The highest BCUT2D eigenvalue weighted by molar-refractivity contribution is 9.24. The number of aliphatic hydroxyl groups excluding tert-OH is 1. The maximum absolute atomic E-state index is 11.2. The molecule has 1 aliphatic heterocycles. The standard InChI is InChI=1S/C8H4Br3N.C8H4BrClN2.C8H5BrN2O.C8H6BrNO2.C8H6BrN.Cl3OP.H4N2/c9-6-2-1-5(4-12)7(3-6)8(10)11;9-6-1-2-7-5(3-6)4-11-12-8(7)10;9-6-1-2-7-5(3-6)4-10-11-8(7)12;9-4-1-2-5-6(3-4)8(12)10-7(5)11;1-6-4-8(9)3-2-7(6)5-10;1-5(2,3)4;1-2/h1-3,8H;1-4H;1-4H,(H,11,12);1-3,8,12H,(H,10,11);2-4H,1H3;;1-2H2. The van der Waals surface area contributed by atoms with E-state index in [1.807, 2.05) is 61.5 Å². The van der Waals surface area contributed by atoms with Gasteiger partial charge in [-0.15, -0.1) is 5.10 Å². The molecule has 5 aromatic carbocycles. The van der Waals surface area contributed by atoms with E-state index < -0.39 is 11.4 Å². The van der Waals surface area contributed by atoms with Gasteiger partial charge in [-0.3, -0.25) is 25.8 Å². The molecule has 1 aliphatic rings. The van der Waals surface area contributed by atoms with E-state index >= 15 is 0 Å². The first-order valence-electron chi connectivity index (χ1n) is 17.3. The first kappa shape index (κ1) is 58.8. The van der Waals surface area contributed by atoms with Crippen molar-refractivity contribution in [3.8, 4) is 12.1 Å². The lowest BCUT2D eigenvalue weighted by Crippen LogP contribution is -2.17.